The molecule has 0 heterocycles. The molecule has 0 saturated carbocycles. The summed E-state index contributed by atoms with van der Waals surface area (Å²) in [5.41, 5.74) is 1.54. The van der Waals surface area contributed by atoms with Crippen molar-refractivity contribution < 1.29 is 24.6 Å². The van der Waals surface area contributed by atoms with Gasteiger partial charge in [0.25, 0.3) is 5.91 Å². The number of benzene rings is 2. The molecule has 0 fully saturated rings. The fourth-order valence-corrected chi connectivity index (χ4v) is 2.44. The molecular weight excluding hydrogens is 310 g/mol. The molecule has 1 atom stereocenters. The monoisotopic (exact) mass is 327 g/mol. The molecule has 0 aliphatic heterocycles. The summed E-state index contributed by atoms with van der Waals surface area (Å²) in [6.45, 7) is 0.239. The van der Waals surface area contributed by atoms with Crippen LogP contribution in [0.1, 0.15) is 17.3 Å². The van der Waals surface area contributed by atoms with Crippen LogP contribution >= 0.6 is 0 Å². The van der Waals surface area contributed by atoms with Gasteiger partial charge in [0.1, 0.15) is 0 Å². The average Bonchev–Trinajstić information content (AvgIpc) is 2.59. The number of carbonyl (C=O) groups excluding carboxylic acids is 2. The molecule has 0 radical (unpaired) electrons. The lowest BCUT2D eigenvalue weighted by molar-refractivity contribution is -0.148. The Kier molecular flexibility index (Phi) is 5.44. The highest BCUT2D eigenvalue weighted by Gasteiger charge is 2.33. The number of aliphatic hydroxyl groups is 1. The average molecular weight is 327 g/mol. The number of imide groups is 1. The molecule has 0 aromatic heterocycles. The van der Waals surface area contributed by atoms with Gasteiger partial charge in [0.05, 0.1) is 6.61 Å². The molecule has 2 N–H and O–H groups in total. The summed E-state index contributed by atoms with van der Waals surface area (Å²) in [6.07, 6.45) is 0. The van der Waals surface area contributed by atoms with Crippen LogP contribution < -0.4 is 0 Å². The quantitative estimate of drug-likeness (QED) is 0.873. The summed E-state index contributed by atoms with van der Waals surface area (Å²) >= 11 is 0. The van der Waals surface area contributed by atoms with Crippen molar-refractivity contribution >= 4 is 17.8 Å². The Labute approximate surface area is 139 Å². The lowest BCUT2D eigenvalue weighted by atomic mass is 9.98. The van der Waals surface area contributed by atoms with Gasteiger partial charge in [-0.2, -0.15) is 0 Å². The molecule has 0 saturated heterocycles. The molecule has 0 aliphatic carbocycles. The van der Waals surface area contributed by atoms with Crippen molar-refractivity contribution in [1.82, 2.24) is 4.90 Å². The van der Waals surface area contributed by atoms with E-state index in [9.17, 15) is 19.5 Å². The summed E-state index contributed by atoms with van der Waals surface area (Å²) in [4.78, 5) is 36.5. The van der Waals surface area contributed by atoms with E-state index in [2.05, 4.69) is 0 Å². The minimum atomic E-state index is -1.63. The van der Waals surface area contributed by atoms with Crippen molar-refractivity contribution in [1.29, 1.82) is 0 Å². The summed E-state index contributed by atoms with van der Waals surface area (Å²) < 4.78 is 0. The number of carboxylic acids is 1. The predicted molar refractivity (Wildman–Crippen MR) is 87.2 cm³/mol. The first-order chi connectivity index (χ1) is 11.5. The molecule has 124 valence electrons. The van der Waals surface area contributed by atoms with Crippen molar-refractivity contribution in [2.45, 2.75) is 13.0 Å². The van der Waals surface area contributed by atoms with Gasteiger partial charge in [0, 0.05) is 12.5 Å². The Morgan fingerprint density at radius 2 is 1.58 bits per heavy atom. The van der Waals surface area contributed by atoms with E-state index >= 15 is 0 Å². The zero-order valence-electron chi connectivity index (χ0n) is 13.0. The maximum absolute atomic E-state index is 12.8. The van der Waals surface area contributed by atoms with E-state index in [1.807, 2.05) is 30.3 Å². The first kappa shape index (κ1) is 17.4. The van der Waals surface area contributed by atoms with Gasteiger partial charge in [-0.05, 0) is 17.2 Å². The van der Waals surface area contributed by atoms with Gasteiger partial charge in [-0.1, -0.05) is 48.5 Å². The lowest BCUT2D eigenvalue weighted by Crippen LogP contribution is -2.49. The van der Waals surface area contributed by atoms with E-state index in [4.69, 9.17) is 5.11 Å². The Bertz CT molecular complexity index is 757. The van der Waals surface area contributed by atoms with E-state index in [1.165, 1.54) is 6.07 Å². The van der Waals surface area contributed by atoms with E-state index in [-0.39, 0.29) is 5.56 Å². The van der Waals surface area contributed by atoms with Crippen LogP contribution in [0.15, 0.2) is 54.6 Å². The summed E-state index contributed by atoms with van der Waals surface area (Å²) in [5.74, 6) is -2.95. The van der Waals surface area contributed by atoms with Gasteiger partial charge in [-0.25, -0.2) is 4.79 Å². The molecule has 2 amide bonds. The normalized spacial score (nSPS) is 11.6. The maximum atomic E-state index is 12.8. The topological polar surface area (TPSA) is 94.9 Å². The van der Waals surface area contributed by atoms with E-state index in [0.29, 0.717) is 10.5 Å². The molecule has 2 rings (SSSR count). The van der Waals surface area contributed by atoms with Crippen molar-refractivity contribution in [2.24, 2.45) is 0 Å². The first-order valence-corrected chi connectivity index (χ1v) is 7.29. The molecular formula is C18H17NO5. The second-order valence-electron chi connectivity index (χ2n) is 5.14. The number of carboxylic acid groups (broad SMARTS) is 1. The molecule has 0 bridgehead atoms. The number of hydrogen-bond donors (Lipinski definition) is 2. The molecule has 2 aromatic rings. The summed E-state index contributed by atoms with van der Waals surface area (Å²) in [6, 6.07) is 14.1. The smallest absolute Gasteiger partial charge is 0.329 e. The SMILES string of the molecule is CC(=O)N(C(=O)c1ccccc1-c1ccccc1)C(CO)C(=O)O. The lowest BCUT2D eigenvalue weighted by Gasteiger charge is -2.25. The Balaban J connectivity index is 2.52. The van der Waals surface area contributed by atoms with Crippen molar-refractivity contribution in [3.8, 4) is 11.1 Å². The molecule has 0 spiro atoms. The number of aliphatic carboxylic acids is 1. The zero-order chi connectivity index (χ0) is 17.7. The highest BCUT2D eigenvalue weighted by atomic mass is 16.4. The molecule has 6 nitrogen and oxygen atoms in total. The fourth-order valence-electron chi connectivity index (χ4n) is 2.44. The first-order valence-electron chi connectivity index (χ1n) is 7.29. The second kappa shape index (κ2) is 7.52. The third-order valence-electron chi connectivity index (χ3n) is 3.57. The largest absolute Gasteiger partial charge is 0.480 e. The van der Waals surface area contributed by atoms with Crippen molar-refractivity contribution in [3.63, 3.8) is 0 Å². The Hall–Kier alpha value is -2.99. The van der Waals surface area contributed by atoms with Gasteiger partial charge in [-0.3, -0.25) is 14.5 Å². The minimum absolute atomic E-state index is 0.193. The number of amides is 2. The number of rotatable bonds is 5. The second-order valence-corrected chi connectivity index (χ2v) is 5.14. The third-order valence-corrected chi connectivity index (χ3v) is 3.57. The van der Waals surface area contributed by atoms with Crippen molar-refractivity contribution in [3.05, 3.63) is 60.2 Å². The Morgan fingerprint density at radius 3 is 2.12 bits per heavy atom. The number of carbonyl (C=O) groups is 3. The van der Waals surface area contributed by atoms with Crippen LogP contribution in [0.3, 0.4) is 0 Å². The van der Waals surface area contributed by atoms with E-state index in [0.717, 1.165) is 12.5 Å². The molecule has 2 aromatic carbocycles. The van der Waals surface area contributed by atoms with Crippen LogP contribution in [0.4, 0.5) is 0 Å². The van der Waals surface area contributed by atoms with Crippen LogP contribution in [0.5, 0.6) is 0 Å². The minimum Gasteiger partial charge on any atom is -0.480 e. The fraction of sp³-hybridized carbons (Fsp3) is 0.167. The predicted octanol–water partition coefficient (Wildman–Crippen LogP) is 1.79. The van der Waals surface area contributed by atoms with Gasteiger partial charge < -0.3 is 10.2 Å². The van der Waals surface area contributed by atoms with E-state index < -0.39 is 30.4 Å². The van der Waals surface area contributed by atoms with Crippen LogP contribution in [-0.4, -0.2) is 45.5 Å². The van der Waals surface area contributed by atoms with Gasteiger partial charge in [-0.15, -0.1) is 0 Å². The van der Waals surface area contributed by atoms with Crippen LogP contribution in [-0.2, 0) is 9.59 Å². The van der Waals surface area contributed by atoms with E-state index in [1.54, 1.807) is 18.2 Å². The highest BCUT2D eigenvalue weighted by Crippen LogP contribution is 2.25. The summed E-state index contributed by atoms with van der Waals surface area (Å²) in [7, 11) is 0. The molecule has 24 heavy (non-hydrogen) atoms. The van der Waals surface area contributed by atoms with Gasteiger partial charge in [0.2, 0.25) is 5.91 Å². The van der Waals surface area contributed by atoms with Crippen molar-refractivity contribution in [2.75, 3.05) is 6.61 Å². The summed E-state index contributed by atoms with van der Waals surface area (Å²) in [5, 5.41) is 18.4. The van der Waals surface area contributed by atoms with Crippen LogP contribution in [0.25, 0.3) is 11.1 Å². The Morgan fingerprint density at radius 1 is 1.00 bits per heavy atom. The molecule has 0 aliphatic rings. The number of hydrogen-bond acceptors (Lipinski definition) is 4. The zero-order valence-corrected chi connectivity index (χ0v) is 13.0. The van der Waals surface area contributed by atoms with Crippen LogP contribution in [0.2, 0.25) is 0 Å². The third kappa shape index (κ3) is 3.49. The van der Waals surface area contributed by atoms with Crippen LogP contribution in [0, 0.1) is 0 Å². The van der Waals surface area contributed by atoms with Gasteiger partial charge in [0.15, 0.2) is 6.04 Å². The maximum Gasteiger partial charge on any atom is 0.329 e. The molecule has 6 heteroatoms. The number of aliphatic hydroxyl groups excluding tert-OH is 1. The van der Waals surface area contributed by atoms with Gasteiger partial charge >= 0.3 is 5.97 Å². The molecule has 1 unspecified atom stereocenters. The number of nitrogens with zero attached hydrogens (tertiary/aromatic N) is 1. The highest BCUT2D eigenvalue weighted by molar-refractivity contribution is 6.09. The standard InChI is InChI=1S/C18H17NO5/c1-12(21)19(16(11-20)18(23)24)17(22)15-10-6-5-9-14(15)13-7-3-2-4-8-13/h2-10,16,20H,11H2,1H3,(H,23,24).